The molecule has 0 aliphatic heterocycles. The number of thiophene rings is 1. The second-order valence-corrected chi connectivity index (χ2v) is 4.43. The minimum atomic E-state index is -0.956. The van der Waals surface area contributed by atoms with Crippen LogP contribution in [0.2, 0.25) is 0 Å². The molecule has 0 radical (unpaired) electrons. The monoisotopic (exact) mass is 260 g/mol. The Morgan fingerprint density at radius 1 is 1.44 bits per heavy atom. The number of nitrogens with zero attached hydrogens (tertiary/aromatic N) is 4. The molecule has 0 saturated heterocycles. The van der Waals surface area contributed by atoms with Gasteiger partial charge in [0, 0.05) is 17.1 Å². The fraction of sp³-hybridized carbons (Fsp3) is 0.0909. The van der Waals surface area contributed by atoms with Gasteiger partial charge >= 0.3 is 5.97 Å². The third-order valence-corrected chi connectivity index (χ3v) is 3.09. The minimum absolute atomic E-state index is 0.202. The first kappa shape index (κ1) is 10.8. The summed E-state index contributed by atoms with van der Waals surface area (Å²) in [7, 11) is 0. The molecule has 1 N–H and O–H groups in total. The summed E-state index contributed by atoms with van der Waals surface area (Å²) in [6, 6.07) is 3.80. The quantitative estimate of drug-likeness (QED) is 0.771. The molecule has 0 atom stereocenters. The lowest BCUT2D eigenvalue weighted by Gasteiger charge is -1.99. The zero-order valence-electron chi connectivity index (χ0n) is 9.15. The zero-order valence-corrected chi connectivity index (χ0v) is 9.96. The van der Waals surface area contributed by atoms with E-state index in [1.165, 1.54) is 0 Å². The molecule has 0 unspecified atom stereocenters. The number of hydrogen-bond acceptors (Lipinski definition) is 5. The highest BCUT2D eigenvalue weighted by Crippen LogP contribution is 2.21. The van der Waals surface area contributed by atoms with Crippen molar-refractivity contribution >= 4 is 23.1 Å². The Bertz CT molecular complexity index is 705. The van der Waals surface area contributed by atoms with Gasteiger partial charge in [-0.05, 0) is 17.5 Å². The Morgan fingerprint density at radius 3 is 3.06 bits per heavy atom. The van der Waals surface area contributed by atoms with E-state index in [-0.39, 0.29) is 12.2 Å². The maximum Gasteiger partial charge on any atom is 0.311 e. The third kappa shape index (κ3) is 1.84. The fourth-order valence-electron chi connectivity index (χ4n) is 1.67. The van der Waals surface area contributed by atoms with E-state index >= 15 is 0 Å². The molecule has 0 spiro atoms. The lowest BCUT2D eigenvalue weighted by atomic mass is 10.2. The summed E-state index contributed by atoms with van der Waals surface area (Å²) in [5.74, 6) is -0.282. The van der Waals surface area contributed by atoms with Gasteiger partial charge in [0.1, 0.15) is 6.42 Å². The van der Waals surface area contributed by atoms with Crippen molar-refractivity contribution in [3.63, 3.8) is 0 Å². The number of hydrogen-bond donors (Lipinski definition) is 1. The molecule has 6 nitrogen and oxygen atoms in total. The first-order valence-electron chi connectivity index (χ1n) is 5.19. The Kier molecular flexibility index (Phi) is 2.52. The largest absolute Gasteiger partial charge is 0.481 e. The lowest BCUT2D eigenvalue weighted by Crippen LogP contribution is -2.02. The standard InChI is InChI=1S/C11H8N4O2S/c16-10(17)5-9-13-11-12-3-1-8(15(11)14-9)7-2-4-18-6-7/h1-4,6H,5H2,(H,16,17). The smallest absolute Gasteiger partial charge is 0.311 e. The van der Waals surface area contributed by atoms with Crippen molar-refractivity contribution in [3.8, 4) is 11.3 Å². The van der Waals surface area contributed by atoms with Gasteiger partial charge in [-0.3, -0.25) is 4.79 Å². The number of carboxylic acid groups (broad SMARTS) is 1. The van der Waals surface area contributed by atoms with E-state index in [4.69, 9.17) is 5.11 Å². The van der Waals surface area contributed by atoms with Crippen LogP contribution in [-0.4, -0.2) is 30.7 Å². The van der Waals surface area contributed by atoms with Crippen LogP contribution in [0.1, 0.15) is 5.82 Å². The topological polar surface area (TPSA) is 80.4 Å². The molecular formula is C11H8N4O2S. The van der Waals surface area contributed by atoms with Crippen molar-refractivity contribution in [2.75, 3.05) is 0 Å². The molecule has 0 amide bonds. The van der Waals surface area contributed by atoms with E-state index in [1.54, 1.807) is 22.0 Å². The van der Waals surface area contributed by atoms with Crippen LogP contribution < -0.4 is 0 Å². The molecule has 0 saturated carbocycles. The van der Waals surface area contributed by atoms with E-state index < -0.39 is 5.97 Å². The second-order valence-electron chi connectivity index (χ2n) is 3.65. The molecule has 90 valence electrons. The van der Waals surface area contributed by atoms with Crippen LogP contribution in [0, 0.1) is 0 Å². The van der Waals surface area contributed by atoms with Crippen molar-refractivity contribution < 1.29 is 9.90 Å². The second kappa shape index (κ2) is 4.19. The van der Waals surface area contributed by atoms with Gasteiger partial charge < -0.3 is 5.11 Å². The number of rotatable bonds is 3. The van der Waals surface area contributed by atoms with E-state index in [0.717, 1.165) is 11.3 Å². The number of carboxylic acids is 1. The predicted molar refractivity (Wildman–Crippen MR) is 65.4 cm³/mol. The average Bonchev–Trinajstić information content (AvgIpc) is 2.94. The number of carbonyl (C=O) groups is 1. The molecule has 0 bridgehead atoms. The highest BCUT2D eigenvalue weighted by Gasteiger charge is 2.12. The maximum absolute atomic E-state index is 10.7. The van der Waals surface area contributed by atoms with Crippen LogP contribution in [0.4, 0.5) is 0 Å². The molecule has 3 aromatic rings. The molecule has 3 rings (SSSR count). The molecule has 7 heteroatoms. The van der Waals surface area contributed by atoms with E-state index in [2.05, 4.69) is 15.1 Å². The van der Waals surface area contributed by atoms with Gasteiger partial charge in [0.05, 0.1) is 5.69 Å². The first-order chi connectivity index (χ1) is 8.74. The van der Waals surface area contributed by atoms with Crippen LogP contribution in [0.15, 0.2) is 29.1 Å². The van der Waals surface area contributed by atoms with Crippen LogP contribution >= 0.6 is 11.3 Å². The first-order valence-corrected chi connectivity index (χ1v) is 6.13. The molecule has 0 fully saturated rings. The van der Waals surface area contributed by atoms with Crippen molar-refractivity contribution in [1.82, 2.24) is 19.6 Å². The summed E-state index contributed by atoms with van der Waals surface area (Å²) in [5.41, 5.74) is 1.87. The number of aliphatic carboxylic acids is 1. The summed E-state index contributed by atoms with van der Waals surface area (Å²) in [4.78, 5) is 18.8. The van der Waals surface area contributed by atoms with Crippen molar-refractivity contribution in [3.05, 3.63) is 34.9 Å². The maximum atomic E-state index is 10.7. The summed E-state index contributed by atoms with van der Waals surface area (Å²) >= 11 is 1.58. The Morgan fingerprint density at radius 2 is 2.33 bits per heavy atom. The summed E-state index contributed by atoms with van der Waals surface area (Å²) in [5, 5.41) is 16.9. The Labute approximate surface area is 106 Å². The van der Waals surface area contributed by atoms with Crippen LogP contribution in [0.25, 0.3) is 17.0 Å². The van der Waals surface area contributed by atoms with Crippen LogP contribution in [0.3, 0.4) is 0 Å². The van der Waals surface area contributed by atoms with Gasteiger partial charge in [0.15, 0.2) is 5.82 Å². The summed E-state index contributed by atoms with van der Waals surface area (Å²) in [6.45, 7) is 0. The average molecular weight is 260 g/mol. The van der Waals surface area contributed by atoms with Crippen LogP contribution in [-0.2, 0) is 11.2 Å². The number of aromatic nitrogens is 4. The normalized spacial score (nSPS) is 10.9. The summed E-state index contributed by atoms with van der Waals surface area (Å²) in [6.07, 6.45) is 1.44. The van der Waals surface area contributed by atoms with Gasteiger partial charge in [-0.2, -0.15) is 20.8 Å². The van der Waals surface area contributed by atoms with Gasteiger partial charge in [0.25, 0.3) is 5.78 Å². The van der Waals surface area contributed by atoms with Gasteiger partial charge in [-0.1, -0.05) is 0 Å². The minimum Gasteiger partial charge on any atom is -0.481 e. The van der Waals surface area contributed by atoms with E-state index in [9.17, 15) is 4.79 Å². The Hall–Kier alpha value is -2.28. The molecule has 0 aliphatic carbocycles. The molecule has 0 aromatic carbocycles. The Balaban J connectivity index is 2.16. The molecule has 18 heavy (non-hydrogen) atoms. The van der Waals surface area contributed by atoms with E-state index in [1.807, 2.05) is 22.9 Å². The summed E-state index contributed by atoms with van der Waals surface area (Å²) < 4.78 is 1.57. The van der Waals surface area contributed by atoms with Crippen molar-refractivity contribution in [1.29, 1.82) is 0 Å². The molecule has 3 aromatic heterocycles. The van der Waals surface area contributed by atoms with E-state index in [0.29, 0.717) is 5.78 Å². The number of fused-ring (bicyclic) bond motifs is 1. The highest BCUT2D eigenvalue weighted by molar-refractivity contribution is 7.08. The lowest BCUT2D eigenvalue weighted by molar-refractivity contribution is -0.136. The molecular weight excluding hydrogens is 252 g/mol. The SMILES string of the molecule is O=C(O)Cc1nc2nccc(-c3ccsc3)n2n1. The van der Waals surface area contributed by atoms with Crippen molar-refractivity contribution in [2.45, 2.75) is 6.42 Å². The van der Waals surface area contributed by atoms with Crippen molar-refractivity contribution in [2.24, 2.45) is 0 Å². The molecule has 3 heterocycles. The van der Waals surface area contributed by atoms with Gasteiger partial charge in [0.2, 0.25) is 0 Å². The zero-order chi connectivity index (χ0) is 12.5. The predicted octanol–water partition coefficient (Wildman–Crippen LogP) is 1.48. The molecule has 0 aliphatic rings. The third-order valence-electron chi connectivity index (χ3n) is 2.41. The fourth-order valence-corrected chi connectivity index (χ4v) is 2.32. The highest BCUT2D eigenvalue weighted by atomic mass is 32.1. The van der Waals surface area contributed by atoms with Gasteiger partial charge in [-0.15, -0.1) is 5.10 Å². The van der Waals surface area contributed by atoms with Gasteiger partial charge in [-0.25, -0.2) is 4.98 Å². The van der Waals surface area contributed by atoms with Crippen LogP contribution in [0.5, 0.6) is 0 Å².